The lowest BCUT2D eigenvalue weighted by Gasteiger charge is -2.08. The van der Waals surface area contributed by atoms with Crippen molar-refractivity contribution >= 4 is 36.0 Å². The quantitative estimate of drug-likeness (QED) is 0.301. The zero-order valence-electron chi connectivity index (χ0n) is 14.5. The highest BCUT2D eigenvalue weighted by atomic mass is 35.5. The van der Waals surface area contributed by atoms with E-state index in [1.54, 1.807) is 36.5 Å². The molecular weight excluding hydrogens is 388 g/mol. The number of nitrogens with zero attached hydrogens (tertiary/aromatic N) is 3. The summed E-state index contributed by atoms with van der Waals surface area (Å²) >= 11 is 11.3. The van der Waals surface area contributed by atoms with Crippen molar-refractivity contribution in [2.45, 2.75) is 6.92 Å². The number of aromatic nitrogens is 3. The minimum atomic E-state index is -0.425. The van der Waals surface area contributed by atoms with Crippen molar-refractivity contribution in [1.29, 1.82) is 0 Å². The Balaban J connectivity index is 1.94. The number of aromatic amines is 1. The van der Waals surface area contributed by atoms with Crippen LogP contribution in [-0.4, -0.2) is 34.2 Å². The molecule has 0 amide bonds. The maximum absolute atomic E-state index is 11.1. The van der Waals surface area contributed by atoms with E-state index in [0.717, 1.165) is 11.1 Å². The standard InChI is InChI=1S/C18H15ClN4O3S/c1-11(24)26-15-7-6-12(8-16(15)25-2)10-20-23-17(21-22-18(23)27)13-4-3-5-14(19)9-13/h3-10H,1-2H3,(H,22,27). The summed E-state index contributed by atoms with van der Waals surface area (Å²) in [6, 6.07) is 12.3. The first-order valence-corrected chi connectivity index (χ1v) is 8.60. The third kappa shape index (κ3) is 4.42. The first kappa shape index (κ1) is 18.8. The number of H-pyrrole nitrogens is 1. The molecule has 0 aliphatic heterocycles. The molecule has 0 atom stereocenters. The largest absolute Gasteiger partial charge is 0.493 e. The summed E-state index contributed by atoms with van der Waals surface area (Å²) in [7, 11) is 1.49. The van der Waals surface area contributed by atoms with Gasteiger partial charge in [0.25, 0.3) is 0 Å². The van der Waals surface area contributed by atoms with Crippen LogP contribution in [0.2, 0.25) is 5.02 Å². The predicted molar refractivity (Wildman–Crippen MR) is 105 cm³/mol. The molecule has 0 aliphatic carbocycles. The summed E-state index contributed by atoms with van der Waals surface area (Å²) in [5.41, 5.74) is 1.50. The number of hydrogen-bond donors (Lipinski definition) is 1. The maximum Gasteiger partial charge on any atom is 0.308 e. The van der Waals surface area contributed by atoms with Gasteiger partial charge in [-0.15, -0.1) is 0 Å². The lowest BCUT2D eigenvalue weighted by molar-refractivity contribution is -0.132. The lowest BCUT2D eigenvalue weighted by atomic mass is 10.2. The molecule has 1 N–H and O–H groups in total. The normalized spacial score (nSPS) is 10.9. The summed E-state index contributed by atoms with van der Waals surface area (Å²) in [6.07, 6.45) is 1.60. The number of ether oxygens (including phenoxy) is 2. The fourth-order valence-electron chi connectivity index (χ4n) is 2.34. The molecule has 0 saturated carbocycles. The molecule has 0 aliphatic rings. The van der Waals surface area contributed by atoms with Crippen LogP contribution in [0.1, 0.15) is 12.5 Å². The van der Waals surface area contributed by atoms with Gasteiger partial charge in [-0.3, -0.25) is 4.79 Å². The molecule has 0 bridgehead atoms. The number of methoxy groups -OCH3 is 1. The summed E-state index contributed by atoms with van der Waals surface area (Å²) in [5.74, 6) is 0.856. The van der Waals surface area contributed by atoms with E-state index in [4.69, 9.17) is 33.3 Å². The molecular formula is C18H15ClN4O3S. The van der Waals surface area contributed by atoms with Gasteiger partial charge in [0, 0.05) is 17.5 Å². The summed E-state index contributed by atoms with van der Waals surface area (Å²) in [4.78, 5) is 11.1. The summed E-state index contributed by atoms with van der Waals surface area (Å²) in [6.45, 7) is 1.33. The monoisotopic (exact) mass is 402 g/mol. The second kappa shape index (κ2) is 8.15. The van der Waals surface area contributed by atoms with Crippen LogP contribution >= 0.6 is 23.8 Å². The number of esters is 1. The smallest absolute Gasteiger partial charge is 0.308 e. The Bertz CT molecular complexity index is 1070. The molecule has 7 nitrogen and oxygen atoms in total. The summed E-state index contributed by atoms with van der Waals surface area (Å²) < 4.78 is 12.2. The van der Waals surface area contributed by atoms with Crippen LogP contribution in [0.3, 0.4) is 0 Å². The molecule has 0 radical (unpaired) electrons. The highest BCUT2D eigenvalue weighted by Gasteiger charge is 2.10. The van der Waals surface area contributed by atoms with Crippen LogP contribution in [0.5, 0.6) is 11.5 Å². The zero-order valence-corrected chi connectivity index (χ0v) is 16.0. The van der Waals surface area contributed by atoms with Crippen molar-refractivity contribution in [3.63, 3.8) is 0 Å². The molecule has 3 rings (SSSR count). The first-order valence-electron chi connectivity index (χ1n) is 7.82. The van der Waals surface area contributed by atoms with Gasteiger partial charge in [0.1, 0.15) is 0 Å². The molecule has 2 aromatic carbocycles. The number of hydrogen-bond acceptors (Lipinski definition) is 6. The third-order valence-electron chi connectivity index (χ3n) is 3.50. The van der Waals surface area contributed by atoms with E-state index in [1.807, 2.05) is 12.1 Å². The molecule has 0 unspecified atom stereocenters. The van der Waals surface area contributed by atoms with Gasteiger partial charge < -0.3 is 9.47 Å². The van der Waals surface area contributed by atoms with E-state index < -0.39 is 5.97 Å². The zero-order chi connectivity index (χ0) is 19.4. The van der Waals surface area contributed by atoms with Gasteiger partial charge in [0.05, 0.1) is 13.3 Å². The van der Waals surface area contributed by atoms with Crippen molar-refractivity contribution < 1.29 is 14.3 Å². The van der Waals surface area contributed by atoms with Gasteiger partial charge in [-0.05, 0) is 48.1 Å². The van der Waals surface area contributed by atoms with Crippen LogP contribution in [0.25, 0.3) is 11.4 Å². The third-order valence-corrected chi connectivity index (χ3v) is 4.00. The second-order valence-electron chi connectivity index (χ2n) is 5.42. The minimum Gasteiger partial charge on any atom is -0.493 e. The molecule has 3 aromatic rings. The average Bonchev–Trinajstić information content (AvgIpc) is 3.01. The summed E-state index contributed by atoms with van der Waals surface area (Å²) in [5, 5.41) is 11.9. The number of carbonyl (C=O) groups excluding carboxylic acids is 1. The average molecular weight is 403 g/mol. The molecule has 1 heterocycles. The van der Waals surface area contributed by atoms with E-state index in [-0.39, 0.29) is 0 Å². The van der Waals surface area contributed by atoms with E-state index >= 15 is 0 Å². The topological polar surface area (TPSA) is 81.5 Å². The number of carbonyl (C=O) groups is 1. The van der Waals surface area contributed by atoms with Gasteiger partial charge in [-0.2, -0.15) is 14.9 Å². The van der Waals surface area contributed by atoms with Crippen molar-refractivity contribution in [3.05, 3.63) is 57.8 Å². The van der Waals surface area contributed by atoms with Gasteiger partial charge >= 0.3 is 5.97 Å². The van der Waals surface area contributed by atoms with Gasteiger partial charge in [0.2, 0.25) is 4.77 Å². The van der Waals surface area contributed by atoms with Gasteiger partial charge in [-0.25, -0.2) is 5.10 Å². The molecule has 0 spiro atoms. The number of nitrogens with one attached hydrogen (secondary N) is 1. The predicted octanol–water partition coefficient (Wildman–Crippen LogP) is 4.08. The molecule has 0 fully saturated rings. The number of halogens is 1. The Labute approximate surface area is 165 Å². The highest BCUT2D eigenvalue weighted by molar-refractivity contribution is 7.71. The molecule has 1 aromatic heterocycles. The lowest BCUT2D eigenvalue weighted by Crippen LogP contribution is -2.03. The van der Waals surface area contributed by atoms with Crippen molar-refractivity contribution in [2.24, 2.45) is 5.10 Å². The second-order valence-corrected chi connectivity index (χ2v) is 6.25. The van der Waals surface area contributed by atoms with Crippen LogP contribution in [-0.2, 0) is 4.79 Å². The van der Waals surface area contributed by atoms with E-state index in [2.05, 4.69) is 15.3 Å². The Kier molecular flexibility index (Phi) is 5.68. The van der Waals surface area contributed by atoms with Crippen LogP contribution in [0.4, 0.5) is 0 Å². The number of rotatable bonds is 5. The van der Waals surface area contributed by atoms with Crippen LogP contribution in [0, 0.1) is 4.77 Å². The van der Waals surface area contributed by atoms with Crippen molar-refractivity contribution in [1.82, 2.24) is 14.9 Å². The minimum absolute atomic E-state index is 0.335. The maximum atomic E-state index is 11.1. The van der Waals surface area contributed by atoms with Crippen LogP contribution in [0.15, 0.2) is 47.6 Å². The Morgan fingerprint density at radius 2 is 2.11 bits per heavy atom. The van der Waals surface area contributed by atoms with E-state index in [1.165, 1.54) is 18.7 Å². The molecule has 9 heteroatoms. The first-order chi connectivity index (χ1) is 13.0. The van der Waals surface area contributed by atoms with Crippen molar-refractivity contribution in [2.75, 3.05) is 7.11 Å². The number of benzene rings is 2. The van der Waals surface area contributed by atoms with E-state index in [9.17, 15) is 4.79 Å². The van der Waals surface area contributed by atoms with E-state index in [0.29, 0.717) is 27.1 Å². The Morgan fingerprint density at radius 3 is 2.81 bits per heavy atom. The molecule has 138 valence electrons. The molecule has 0 saturated heterocycles. The highest BCUT2D eigenvalue weighted by Crippen LogP contribution is 2.28. The fourth-order valence-corrected chi connectivity index (χ4v) is 2.71. The van der Waals surface area contributed by atoms with Crippen molar-refractivity contribution in [3.8, 4) is 22.9 Å². The van der Waals surface area contributed by atoms with Crippen LogP contribution < -0.4 is 9.47 Å². The van der Waals surface area contributed by atoms with Gasteiger partial charge in [0.15, 0.2) is 17.3 Å². The Morgan fingerprint density at radius 1 is 1.30 bits per heavy atom. The fraction of sp³-hybridized carbons (Fsp3) is 0.111. The SMILES string of the molecule is COc1cc(C=Nn2c(-c3cccc(Cl)c3)n[nH]c2=S)ccc1OC(C)=O. The molecule has 27 heavy (non-hydrogen) atoms. The van der Waals surface area contributed by atoms with Gasteiger partial charge in [-0.1, -0.05) is 23.7 Å². The Hall–Kier alpha value is -2.97.